The molecule has 1 aliphatic heterocycles. The lowest BCUT2D eigenvalue weighted by Crippen LogP contribution is -2.59. The molecule has 1 fully saturated rings. The van der Waals surface area contributed by atoms with Crippen molar-refractivity contribution in [2.75, 3.05) is 13.1 Å². The third kappa shape index (κ3) is 4.01. The Labute approximate surface area is 107 Å². The van der Waals surface area contributed by atoms with Gasteiger partial charge in [0, 0.05) is 25.2 Å². The molecule has 3 atom stereocenters. The minimum absolute atomic E-state index is 0.339. The third-order valence-corrected chi connectivity index (χ3v) is 3.81. The van der Waals surface area contributed by atoms with Crippen molar-refractivity contribution >= 4 is 0 Å². The molecular weight excluding hydrogens is 208 g/mol. The molecule has 0 amide bonds. The number of nitrogens with zero attached hydrogens (tertiary/aromatic N) is 1. The van der Waals surface area contributed by atoms with Gasteiger partial charge in [-0.3, -0.25) is 4.90 Å². The van der Waals surface area contributed by atoms with Gasteiger partial charge in [0.1, 0.15) is 0 Å². The van der Waals surface area contributed by atoms with E-state index >= 15 is 0 Å². The Bertz CT molecular complexity index is 244. The van der Waals surface area contributed by atoms with Crippen molar-refractivity contribution in [3.05, 3.63) is 0 Å². The second-order valence-corrected chi connectivity index (χ2v) is 5.12. The average Bonchev–Trinajstić information content (AvgIpc) is 2.36. The van der Waals surface area contributed by atoms with Crippen LogP contribution in [0.25, 0.3) is 0 Å². The minimum atomic E-state index is 0.339. The first-order valence-corrected chi connectivity index (χ1v) is 7.21. The summed E-state index contributed by atoms with van der Waals surface area (Å²) in [6.07, 6.45) is 11.7. The van der Waals surface area contributed by atoms with Gasteiger partial charge in [0.2, 0.25) is 0 Å². The fourth-order valence-electron chi connectivity index (χ4n) is 2.81. The molecular formula is C15H28N2. The zero-order valence-corrected chi connectivity index (χ0v) is 11.7. The number of piperazine rings is 1. The van der Waals surface area contributed by atoms with Crippen LogP contribution >= 0.6 is 0 Å². The predicted octanol–water partition coefficient (Wildman–Crippen LogP) is 2.64. The summed E-state index contributed by atoms with van der Waals surface area (Å²) in [5.74, 6) is 3.00. The van der Waals surface area contributed by atoms with Crippen LogP contribution in [-0.2, 0) is 0 Å². The Morgan fingerprint density at radius 2 is 2.12 bits per heavy atom. The van der Waals surface area contributed by atoms with Crippen molar-refractivity contribution in [3.8, 4) is 12.3 Å². The molecule has 1 heterocycles. The van der Waals surface area contributed by atoms with E-state index in [4.69, 9.17) is 6.42 Å². The second kappa shape index (κ2) is 7.74. The molecule has 0 aliphatic carbocycles. The Morgan fingerprint density at radius 3 is 2.65 bits per heavy atom. The van der Waals surface area contributed by atoms with Crippen LogP contribution in [0.15, 0.2) is 0 Å². The molecule has 0 aromatic rings. The first kappa shape index (κ1) is 14.5. The fourth-order valence-corrected chi connectivity index (χ4v) is 2.81. The summed E-state index contributed by atoms with van der Waals surface area (Å²) in [5, 5.41) is 3.66. The number of rotatable bonds is 6. The SMILES string of the molecule is C#CC(CCC)N1CC(CCC)NCC1CC. The second-order valence-electron chi connectivity index (χ2n) is 5.12. The molecule has 2 heteroatoms. The van der Waals surface area contributed by atoms with Crippen molar-refractivity contribution in [2.45, 2.75) is 71.0 Å². The minimum Gasteiger partial charge on any atom is -0.311 e. The molecule has 3 unspecified atom stereocenters. The lowest BCUT2D eigenvalue weighted by Gasteiger charge is -2.43. The molecule has 1 saturated heterocycles. The molecule has 0 saturated carbocycles. The van der Waals surface area contributed by atoms with Crippen molar-refractivity contribution in [3.63, 3.8) is 0 Å². The highest BCUT2D eigenvalue weighted by Gasteiger charge is 2.30. The van der Waals surface area contributed by atoms with Crippen LogP contribution in [0.4, 0.5) is 0 Å². The van der Waals surface area contributed by atoms with Crippen LogP contribution in [-0.4, -0.2) is 36.1 Å². The average molecular weight is 236 g/mol. The maximum absolute atomic E-state index is 5.71. The Kier molecular flexibility index (Phi) is 6.62. The van der Waals surface area contributed by atoms with Gasteiger partial charge in [0.15, 0.2) is 0 Å². The molecule has 0 spiro atoms. The normalized spacial score (nSPS) is 27.6. The molecule has 0 bridgehead atoms. The molecule has 1 N–H and O–H groups in total. The summed E-state index contributed by atoms with van der Waals surface area (Å²) >= 11 is 0. The molecule has 0 radical (unpaired) electrons. The largest absolute Gasteiger partial charge is 0.311 e. The van der Waals surface area contributed by atoms with Crippen LogP contribution in [0, 0.1) is 12.3 Å². The van der Waals surface area contributed by atoms with Gasteiger partial charge in [0.05, 0.1) is 6.04 Å². The fraction of sp³-hybridized carbons (Fsp3) is 0.867. The van der Waals surface area contributed by atoms with Crippen LogP contribution in [0.5, 0.6) is 0 Å². The van der Waals surface area contributed by atoms with Crippen LogP contribution in [0.1, 0.15) is 52.9 Å². The van der Waals surface area contributed by atoms with Gasteiger partial charge in [-0.2, -0.15) is 0 Å². The summed E-state index contributed by atoms with van der Waals surface area (Å²) in [6.45, 7) is 8.96. The van der Waals surface area contributed by atoms with Gasteiger partial charge in [-0.05, 0) is 19.3 Å². The number of hydrogen-bond donors (Lipinski definition) is 1. The van der Waals surface area contributed by atoms with Crippen molar-refractivity contribution in [1.82, 2.24) is 10.2 Å². The maximum atomic E-state index is 5.71. The van der Waals surface area contributed by atoms with E-state index in [0.717, 1.165) is 19.5 Å². The van der Waals surface area contributed by atoms with Gasteiger partial charge in [0.25, 0.3) is 0 Å². The summed E-state index contributed by atoms with van der Waals surface area (Å²) in [4.78, 5) is 2.57. The van der Waals surface area contributed by atoms with Gasteiger partial charge in [-0.15, -0.1) is 6.42 Å². The maximum Gasteiger partial charge on any atom is 0.0715 e. The Balaban J connectivity index is 2.64. The van der Waals surface area contributed by atoms with E-state index in [1.807, 2.05) is 0 Å². The van der Waals surface area contributed by atoms with Gasteiger partial charge in [-0.1, -0.05) is 39.5 Å². The van der Waals surface area contributed by atoms with Gasteiger partial charge in [-0.25, -0.2) is 0 Å². The lowest BCUT2D eigenvalue weighted by atomic mass is 9.99. The van der Waals surface area contributed by atoms with Crippen molar-refractivity contribution in [1.29, 1.82) is 0 Å². The first-order chi connectivity index (χ1) is 8.26. The highest BCUT2D eigenvalue weighted by Crippen LogP contribution is 2.18. The summed E-state index contributed by atoms with van der Waals surface area (Å²) in [6, 6.07) is 1.60. The predicted molar refractivity (Wildman–Crippen MR) is 75.0 cm³/mol. The van der Waals surface area contributed by atoms with Crippen LogP contribution < -0.4 is 5.32 Å². The molecule has 17 heavy (non-hydrogen) atoms. The monoisotopic (exact) mass is 236 g/mol. The summed E-state index contributed by atoms with van der Waals surface area (Å²) in [7, 11) is 0. The topological polar surface area (TPSA) is 15.3 Å². The zero-order valence-electron chi connectivity index (χ0n) is 11.7. The van der Waals surface area contributed by atoms with E-state index in [0.29, 0.717) is 18.1 Å². The summed E-state index contributed by atoms with van der Waals surface area (Å²) < 4.78 is 0. The zero-order chi connectivity index (χ0) is 12.7. The third-order valence-electron chi connectivity index (χ3n) is 3.81. The molecule has 2 nitrogen and oxygen atoms in total. The van der Waals surface area contributed by atoms with Crippen LogP contribution in [0.2, 0.25) is 0 Å². The van der Waals surface area contributed by atoms with Crippen molar-refractivity contribution in [2.24, 2.45) is 0 Å². The van der Waals surface area contributed by atoms with E-state index in [2.05, 4.69) is 36.9 Å². The highest BCUT2D eigenvalue weighted by molar-refractivity contribution is 5.03. The number of terminal acetylenes is 1. The van der Waals surface area contributed by atoms with Gasteiger partial charge >= 0.3 is 0 Å². The standard InChI is InChI=1S/C15H28N2/c1-5-9-13-12-17(14(7-3)10-6-2)15(8-4)11-16-13/h3,13-16H,5-6,8-12H2,1-2,4H3. The number of nitrogens with one attached hydrogen (secondary N) is 1. The van der Waals surface area contributed by atoms with E-state index in [9.17, 15) is 0 Å². The van der Waals surface area contributed by atoms with E-state index < -0.39 is 0 Å². The van der Waals surface area contributed by atoms with E-state index in [1.54, 1.807) is 0 Å². The quantitative estimate of drug-likeness (QED) is 0.713. The molecule has 0 aromatic carbocycles. The smallest absolute Gasteiger partial charge is 0.0715 e. The van der Waals surface area contributed by atoms with E-state index in [-0.39, 0.29) is 0 Å². The molecule has 0 aromatic heterocycles. The lowest BCUT2D eigenvalue weighted by molar-refractivity contribution is 0.0951. The Morgan fingerprint density at radius 1 is 1.35 bits per heavy atom. The Hall–Kier alpha value is -0.520. The summed E-state index contributed by atoms with van der Waals surface area (Å²) in [5.41, 5.74) is 0. The number of hydrogen-bond acceptors (Lipinski definition) is 2. The first-order valence-electron chi connectivity index (χ1n) is 7.21. The van der Waals surface area contributed by atoms with Crippen molar-refractivity contribution < 1.29 is 0 Å². The van der Waals surface area contributed by atoms with Gasteiger partial charge < -0.3 is 5.32 Å². The van der Waals surface area contributed by atoms with Crippen LogP contribution in [0.3, 0.4) is 0 Å². The molecule has 1 aliphatic rings. The molecule has 98 valence electrons. The van der Waals surface area contributed by atoms with E-state index in [1.165, 1.54) is 25.7 Å². The highest BCUT2D eigenvalue weighted by atomic mass is 15.2. The molecule has 1 rings (SSSR count).